The van der Waals surface area contributed by atoms with Crippen molar-refractivity contribution >= 4 is 21.6 Å². The summed E-state index contributed by atoms with van der Waals surface area (Å²) < 4.78 is 63.6. The first-order chi connectivity index (χ1) is 10.2. The summed E-state index contributed by atoms with van der Waals surface area (Å²) >= 11 is 0. The number of carbonyl (C=O) groups is 1. The second-order valence-corrected chi connectivity index (χ2v) is 7.15. The van der Waals surface area contributed by atoms with Crippen molar-refractivity contribution in [1.82, 2.24) is 4.31 Å². The average molecular weight is 336 g/mol. The zero-order valence-corrected chi connectivity index (χ0v) is 12.6. The fraction of sp³-hybridized carbons (Fsp3) is 0.462. The van der Waals surface area contributed by atoms with Crippen molar-refractivity contribution in [3.63, 3.8) is 0 Å². The molecule has 22 heavy (non-hydrogen) atoms. The van der Waals surface area contributed by atoms with Crippen molar-refractivity contribution < 1.29 is 26.4 Å². The maximum atomic E-state index is 13.5. The number of benzene rings is 1. The molecule has 0 spiro atoms. The van der Waals surface area contributed by atoms with Gasteiger partial charge in [-0.1, -0.05) is 0 Å². The number of hydrogen-bond acceptors (Lipinski definition) is 3. The van der Waals surface area contributed by atoms with Gasteiger partial charge in [0, 0.05) is 13.1 Å². The maximum Gasteiger partial charge on any atom is 0.228 e. The van der Waals surface area contributed by atoms with E-state index in [0.717, 1.165) is 12.3 Å². The minimum atomic E-state index is -3.42. The molecule has 0 aliphatic carbocycles. The molecule has 5 nitrogen and oxygen atoms in total. The highest BCUT2D eigenvalue weighted by Gasteiger charge is 2.30. The number of nitrogens with zero attached hydrogens (tertiary/aromatic N) is 1. The molecule has 2 rings (SSSR count). The highest BCUT2D eigenvalue weighted by molar-refractivity contribution is 7.88. The van der Waals surface area contributed by atoms with E-state index in [4.69, 9.17) is 0 Å². The molecule has 1 aromatic carbocycles. The van der Waals surface area contributed by atoms with E-state index in [1.165, 1.54) is 4.31 Å². The van der Waals surface area contributed by atoms with Crippen LogP contribution in [-0.4, -0.2) is 38.0 Å². The third-order valence-electron chi connectivity index (χ3n) is 3.52. The Balaban J connectivity index is 2.11. The lowest BCUT2D eigenvalue weighted by Gasteiger charge is -2.30. The number of carbonyl (C=O) groups excluding carboxylic acids is 1. The number of nitrogens with one attached hydrogen (secondary N) is 1. The van der Waals surface area contributed by atoms with Gasteiger partial charge < -0.3 is 5.32 Å². The fourth-order valence-electron chi connectivity index (χ4n) is 2.31. The van der Waals surface area contributed by atoms with E-state index in [9.17, 15) is 26.4 Å². The standard InChI is InChI=1S/C13H15F3N2O3S/c1-22(20,21)18-6-2-3-8(7-18)13(19)17-10-5-4-9(14)11(15)12(10)16/h4-5,8H,2-3,6-7H2,1H3,(H,17,19). The summed E-state index contributed by atoms with van der Waals surface area (Å²) in [6, 6.07) is 1.63. The summed E-state index contributed by atoms with van der Waals surface area (Å²) in [4.78, 5) is 12.1. The van der Waals surface area contributed by atoms with Gasteiger partial charge in [-0.2, -0.15) is 0 Å². The van der Waals surface area contributed by atoms with Gasteiger partial charge in [0.25, 0.3) is 0 Å². The normalized spacial score (nSPS) is 19.9. The lowest BCUT2D eigenvalue weighted by Crippen LogP contribution is -2.43. The Morgan fingerprint density at radius 2 is 1.95 bits per heavy atom. The van der Waals surface area contributed by atoms with Crippen molar-refractivity contribution in [3.05, 3.63) is 29.6 Å². The fourth-order valence-corrected chi connectivity index (χ4v) is 3.23. The van der Waals surface area contributed by atoms with E-state index in [2.05, 4.69) is 5.32 Å². The molecule has 1 atom stereocenters. The van der Waals surface area contributed by atoms with Crippen LogP contribution < -0.4 is 5.32 Å². The molecule has 1 saturated heterocycles. The van der Waals surface area contributed by atoms with Gasteiger partial charge in [0.2, 0.25) is 15.9 Å². The van der Waals surface area contributed by atoms with E-state index >= 15 is 0 Å². The third kappa shape index (κ3) is 3.58. The van der Waals surface area contributed by atoms with Crippen LogP contribution >= 0.6 is 0 Å². The van der Waals surface area contributed by atoms with Crippen LogP contribution in [0.3, 0.4) is 0 Å². The van der Waals surface area contributed by atoms with Gasteiger partial charge in [-0.05, 0) is 25.0 Å². The molecular weight excluding hydrogens is 321 g/mol. The van der Waals surface area contributed by atoms with Crippen LogP contribution in [0.25, 0.3) is 0 Å². The summed E-state index contributed by atoms with van der Waals surface area (Å²) in [6.45, 7) is 0.304. The van der Waals surface area contributed by atoms with Crippen molar-refractivity contribution in [2.75, 3.05) is 24.7 Å². The largest absolute Gasteiger partial charge is 0.323 e. The Bertz CT molecular complexity index is 694. The molecule has 1 unspecified atom stereocenters. The number of amides is 1. The molecule has 1 aliphatic rings. The Morgan fingerprint density at radius 3 is 2.59 bits per heavy atom. The SMILES string of the molecule is CS(=O)(=O)N1CCCC(C(=O)Nc2ccc(F)c(F)c2F)C1. The van der Waals surface area contributed by atoms with Crippen molar-refractivity contribution in [2.45, 2.75) is 12.8 Å². The number of piperidine rings is 1. The Morgan fingerprint density at radius 1 is 1.27 bits per heavy atom. The predicted molar refractivity (Wildman–Crippen MR) is 74.1 cm³/mol. The molecule has 0 bridgehead atoms. The highest BCUT2D eigenvalue weighted by Crippen LogP contribution is 2.23. The van der Waals surface area contributed by atoms with E-state index in [-0.39, 0.29) is 6.54 Å². The first-order valence-electron chi connectivity index (χ1n) is 6.59. The molecule has 122 valence electrons. The number of rotatable bonds is 3. The summed E-state index contributed by atoms with van der Waals surface area (Å²) in [5.41, 5.74) is -0.472. The molecule has 9 heteroatoms. The highest BCUT2D eigenvalue weighted by atomic mass is 32.2. The smallest absolute Gasteiger partial charge is 0.228 e. The molecule has 1 aliphatic heterocycles. The van der Waals surface area contributed by atoms with E-state index in [1.807, 2.05) is 0 Å². The molecule has 1 heterocycles. The van der Waals surface area contributed by atoms with Gasteiger partial charge in [-0.15, -0.1) is 0 Å². The molecule has 1 amide bonds. The summed E-state index contributed by atoms with van der Waals surface area (Å²) in [5.74, 6) is -5.80. The second kappa shape index (κ2) is 6.25. The van der Waals surface area contributed by atoms with Crippen molar-refractivity contribution in [3.8, 4) is 0 Å². The molecule has 0 saturated carbocycles. The van der Waals surface area contributed by atoms with Crippen LogP contribution in [-0.2, 0) is 14.8 Å². The molecule has 0 aromatic heterocycles. The van der Waals surface area contributed by atoms with E-state index in [0.29, 0.717) is 25.5 Å². The van der Waals surface area contributed by atoms with Crippen LogP contribution in [0.15, 0.2) is 12.1 Å². The predicted octanol–water partition coefficient (Wildman–Crippen LogP) is 1.71. The first kappa shape index (κ1) is 16.8. The molecule has 0 radical (unpaired) electrons. The maximum absolute atomic E-state index is 13.5. The monoisotopic (exact) mass is 336 g/mol. The van der Waals surface area contributed by atoms with Crippen molar-refractivity contribution in [2.24, 2.45) is 5.92 Å². The van der Waals surface area contributed by atoms with Crippen LogP contribution in [0.5, 0.6) is 0 Å². The van der Waals surface area contributed by atoms with Crippen LogP contribution in [0.2, 0.25) is 0 Å². The van der Waals surface area contributed by atoms with Gasteiger partial charge >= 0.3 is 0 Å². The number of hydrogen-bond donors (Lipinski definition) is 1. The zero-order chi connectivity index (χ0) is 16.5. The molecule has 1 N–H and O–H groups in total. The molecule has 1 fully saturated rings. The summed E-state index contributed by atoms with van der Waals surface area (Å²) in [7, 11) is -3.42. The Labute approximate surface area is 126 Å². The van der Waals surface area contributed by atoms with Gasteiger partial charge in [0.15, 0.2) is 17.5 Å². The lowest BCUT2D eigenvalue weighted by atomic mass is 9.98. The van der Waals surface area contributed by atoms with Crippen molar-refractivity contribution in [1.29, 1.82) is 0 Å². The minimum Gasteiger partial charge on any atom is -0.323 e. The summed E-state index contributed by atoms with van der Waals surface area (Å²) in [6.07, 6.45) is 1.97. The Kier molecular flexibility index (Phi) is 4.76. The third-order valence-corrected chi connectivity index (χ3v) is 4.79. The number of halogens is 3. The van der Waals surface area contributed by atoms with Crippen LogP contribution in [0.4, 0.5) is 18.9 Å². The van der Waals surface area contributed by atoms with E-state index < -0.39 is 45.0 Å². The second-order valence-electron chi connectivity index (χ2n) is 5.17. The minimum absolute atomic E-state index is 0.0179. The van der Waals surface area contributed by atoms with Gasteiger partial charge in [-0.3, -0.25) is 4.79 Å². The van der Waals surface area contributed by atoms with E-state index in [1.54, 1.807) is 0 Å². The van der Waals surface area contributed by atoms with Crippen LogP contribution in [0.1, 0.15) is 12.8 Å². The first-order valence-corrected chi connectivity index (χ1v) is 8.44. The quantitative estimate of drug-likeness (QED) is 0.855. The zero-order valence-electron chi connectivity index (χ0n) is 11.8. The van der Waals surface area contributed by atoms with Crippen LogP contribution in [0, 0.1) is 23.4 Å². The molecule has 1 aromatic rings. The van der Waals surface area contributed by atoms with Gasteiger partial charge in [-0.25, -0.2) is 25.9 Å². The van der Waals surface area contributed by atoms with Gasteiger partial charge in [0.1, 0.15) is 0 Å². The molecular formula is C13H15F3N2O3S. The number of sulfonamides is 1. The Hall–Kier alpha value is -1.61. The lowest BCUT2D eigenvalue weighted by molar-refractivity contribution is -0.120. The van der Waals surface area contributed by atoms with Gasteiger partial charge in [0.05, 0.1) is 17.9 Å². The topological polar surface area (TPSA) is 66.5 Å². The number of anilines is 1. The average Bonchev–Trinajstić information content (AvgIpc) is 2.47. The summed E-state index contributed by atoms with van der Waals surface area (Å²) in [5, 5.41) is 2.18.